The summed E-state index contributed by atoms with van der Waals surface area (Å²) in [6, 6.07) is 10.6. The quantitative estimate of drug-likeness (QED) is 0.553. The predicted octanol–water partition coefficient (Wildman–Crippen LogP) is 5.02. The molecule has 1 aliphatic heterocycles. The molecule has 3 rings (SSSR count). The Bertz CT molecular complexity index is 802. The van der Waals surface area contributed by atoms with Crippen molar-refractivity contribution < 1.29 is 14.3 Å². The highest BCUT2D eigenvalue weighted by atomic mass is 35.5. The third kappa shape index (κ3) is 3.24. The second-order valence-electron chi connectivity index (χ2n) is 5.07. The van der Waals surface area contributed by atoms with Crippen LogP contribution in [-0.4, -0.2) is 17.8 Å². The lowest BCUT2D eigenvalue weighted by atomic mass is 10.1. The molecule has 1 aliphatic rings. The van der Waals surface area contributed by atoms with Crippen LogP contribution in [0.15, 0.2) is 41.3 Å². The maximum Gasteiger partial charge on any atom is 0.310 e. The number of para-hydroxylation sites is 1. The second-order valence-corrected chi connectivity index (χ2v) is 6.87. The Balaban J connectivity index is 1.91. The molecule has 0 bridgehead atoms. The van der Waals surface area contributed by atoms with Crippen LogP contribution in [-0.2, 0) is 4.79 Å². The number of halogens is 2. The number of ether oxygens (including phenoxy) is 1. The fourth-order valence-electron chi connectivity index (χ4n) is 2.30. The highest BCUT2D eigenvalue weighted by Crippen LogP contribution is 2.40. The first-order valence-corrected chi connectivity index (χ1v) is 8.98. The van der Waals surface area contributed by atoms with Crippen LogP contribution in [0, 0.1) is 0 Å². The molecule has 0 radical (unpaired) electrons. The van der Waals surface area contributed by atoms with Crippen molar-refractivity contribution in [1.29, 1.82) is 0 Å². The summed E-state index contributed by atoms with van der Waals surface area (Å²) in [5.41, 5.74) is 1.21. The van der Waals surface area contributed by atoms with E-state index in [1.165, 1.54) is 12.1 Å². The van der Waals surface area contributed by atoms with Crippen molar-refractivity contribution in [2.24, 2.45) is 0 Å². The third-order valence-corrected chi connectivity index (χ3v) is 5.11. The molecule has 1 heterocycles. The smallest absolute Gasteiger partial charge is 0.310 e. The second kappa shape index (κ2) is 7.05. The normalized spacial score (nSPS) is 12.9. The summed E-state index contributed by atoms with van der Waals surface area (Å²) < 4.78 is 5.11. The van der Waals surface area contributed by atoms with Gasteiger partial charge in [0.05, 0.1) is 21.6 Å². The largest absolute Gasteiger partial charge is 0.423 e. The standard InChI is InChI=1S/C17H13Cl2NO3S/c1-2-15(21)23-16-11(18)7-10(8-12(16)19)17(22)20-9-24-14-6-4-3-5-13(14)20/h3-8H,2,9H2,1H3. The molecule has 0 saturated heterocycles. The fourth-order valence-corrected chi connectivity index (χ4v) is 3.89. The van der Waals surface area contributed by atoms with Crippen LogP contribution in [0.3, 0.4) is 0 Å². The number of anilines is 1. The first-order chi connectivity index (χ1) is 11.5. The van der Waals surface area contributed by atoms with E-state index in [4.69, 9.17) is 27.9 Å². The Hall–Kier alpha value is -1.69. The van der Waals surface area contributed by atoms with E-state index in [9.17, 15) is 9.59 Å². The minimum absolute atomic E-state index is 0.0814. The van der Waals surface area contributed by atoms with Crippen molar-refractivity contribution in [3.8, 4) is 5.75 Å². The molecule has 2 aromatic rings. The summed E-state index contributed by atoms with van der Waals surface area (Å²) in [6.07, 6.45) is 0.203. The first kappa shape index (κ1) is 17.1. The van der Waals surface area contributed by atoms with E-state index < -0.39 is 5.97 Å². The van der Waals surface area contributed by atoms with Crippen LogP contribution in [0.5, 0.6) is 5.75 Å². The molecular weight excluding hydrogens is 369 g/mol. The Kier molecular flexibility index (Phi) is 5.04. The number of rotatable bonds is 3. The molecule has 0 N–H and O–H groups in total. The predicted molar refractivity (Wildman–Crippen MR) is 96.4 cm³/mol. The Morgan fingerprint density at radius 1 is 1.21 bits per heavy atom. The summed E-state index contributed by atoms with van der Waals surface area (Å²) in [5.74, 6) is -0.0368. The van der Waals surface area contributed by atoms with Crippen LogP contribution in [0.1, 0.15) is 23.7 Å². The zero-order valence-electron chi connectivity index (χ0n) is 12.7. The summed E-state index contributed by atoms with van der Waals surface area (Å²) >= 11 is 13.9. The van der Waals surface area contributed by atoms with Crippen LogP contribution < -0.4 is 9.64 Å². The minimum atomic E-state index is -0.442. The Morgan fingerprint density at radius 3 is 2.54 bits per heavy atom. The van der Waals surface area contributed by atoms with Crippen molar-refractivity contribution in [1.82, 2.24) is 0 Å². The number of benzene rings is 2. The number of thioether (sulfide) groups is 1. The molecule has 7 heteroatoms. The van der Waals surface area contributed by atoms with E-state index in [0.717, 1.165) is 10.6 Å². The number of carbonyl (C=O) groups is 2. The van der Waals surface area contributed by atoms with Gasteiger partial charge in [0.15, 0.2) is 5.75 Å². The maximum absolute atomic E-state index is 12.8. The number of hydrogen-bond donors (Lipinski definition) is 0. The summed E-state index contributed by atoms with van der Waals surface area (Å²) in [4.78, 5) is 26.9. The Morgan fingerprint density at radius 2 is 1.88 bits per heavy atom. The van der Waals surface area contributed by atoms with Crippen molar-refractivity contribution >= 4 is 52.5 Å². The van der Waals surface area contributed by atoms with Gasteiger partial charge in [-0.2, -0.15) is 0 Å². The zero-order chi connectivity index (χ0) is 17.3. The van der Waals surface area contributed by atoms with Crippen molar-refractivity contribution in [3.05, 3.63) is 52.0 Å². The number of fused-ring (bicyclic) bond motifs is 1. The Labute approximate surface area is 153 Å². The molecule has 0 saturated carbocycles. The van der Waals surface area contributed by atoms with Gasteiger partial charge < -0.3 is 4.74 Å². The van der Waals surface area contributed by atoms with Gasteiger partial charge in [-0.1, -0.05) is 42.3 Å². The van der Waals surface area contributed by atoms with E-state index in [1.54, 1.807) is 23.6 Å². The summed E-state index contributed by atoms with van der Waals surface area (Å²) in [7, 11) is 0. The van der Waals surface area contributed by atoms with E-state index >= 15 is 0 Å². The molecule has 0 atom stereocenters. The number of esters is 1. The number of carbonyl (C=O) groups excluding carboxylic acids is 2. The lowest BCUT2D eigenvalue weighted by Gasteiger charge is -2.17. The summed E-state index contributed by atoms with van der Waals surface area (Å²) in [6.45, 7) is 1.67. The lowest BCUT2D eigenvalue weighted by Crippen LogP contribution is -2.27. The molecule has 124 valence electrons. The van der Waals surface area contributed by atoms with Crippen LogP contribution in [0.4, 0.5) is 5.69 Å². The molecule has 2 aromatic carbocycles. The van der Waals surface area contributed by atoms with E-state index in [2.05, 4.69) is 0 Å². The molecule has 1 amide bonds. The van der Waals surface area contributed by atoms with Crippen LogP contribution >= 0.6 is 35.0 Å². The molecule has 0 fully saturated rings. The first-order valence-electron chi connectivity index (χ1n) is 7.24. The molecule has 24 heavy (non-hydrogen) atoms. The van der Waals surface area contributed by atoms with Gasteiger partial charge in [-0.05, 0) is 24.3 Å². The maximum atomic E-state index is 12.8. The molecule has 0 unspecified atom stereocenters. The number of hydrogen-bond acceptors (Lipinski definition) is 4. The van der Waals surface area contributed by atoms with Gasteiger partial charge in [0.2, 0.25) is 0 Å². The van der Waals surface area contributed by atoms with Crippen LogP contribution in [0.25, 0.3) is 0 Å². The van der Waals surface area contributed by atoms with Gasteiger partial charge in [-0.15, -0.1) is 11.8 Å². The van der Waals surface area contributed by atoms with Gasteiger partial charge in [0, 0.05) is 16.9 Å². The van der Waals surface area contributed by atoms with Gasteiger partial charge in [0.25, 0.3) is 5.91 Å². The molecular formula is C17H13Cl2NO3S. The zero-order valence-corrected chi connectivity index (χ0v) is 15.0. The van der Waals surface area contributed by atoms with E-state index in [-0.39, 0.29) is 28.1 Å². The lowest BCUT2D eigenvalue weighted by molar-refractivity contribution is -0.134. The highest BCUT2D eigenvalue weighted by molar-refractivity contribution is 8.00. The monoisotopic (exact) mass is 381 g/mol. The molecule has 0 aromatic heterocycles. The summed E-state index contributed by atoms with van der Waals surface area (Å²) in [5, 5.41) is 0.264. The molecule has 0 aliphatic carbocycles. The van der Waals surface area contributed by atoms with Gasteiger partial charge >= 0.3 is 5.97 Å². The van der Waals surface area contributed by atoms with Gasteiger partial charge in [-0.3, -0.25) is 14.5 Å². The van der Waals surface area contributed by atoms with E-state index in [1.807, 2.05) is 24.3 Å². The highest BCUT2D eigenvalue weighted by Gasteiger charge is 2.27. The van der Waals surface area contributed by atoms with Gasteiger partial charge in [0.1, 0.15) is 0 Å². The van der Waals surface area contributed by atoms with Gasteiger partial charge in [-0.25, -0.2) is 0 Å². The topological polar surface area (TPSA) is 46.6 Å². The van der Waals surface area contributed by atoms with Crippen molar-refractivity contribution in [3.63, 3.8) is 0 Å². The molecule has 0 spiro atoms. The average molecular weight is 382 g/mol. The molecule has 4 nitrogen and oxygen atoms in total. The van der Waals surface area contributed by atoms with E-state index in [0.29, 0.717) is 11.4 Å². The van der Waals surface area contributed by atoms with Crippen molar-refractivity contribution in [2.75, 3.05) is 10.8 Å². The van der Waals surface area contributed by atoms with Crippen molar-refractivity contribution in [2.45, 2.75) is 18.2 Å². The fraction of sp³-hybridized carbons (Fsp3) is 0.176. The van der Waals surface area contributed by atoms with Crippen LogP contribution in [0.2, 0.25) is 10.0 Å². The average Bonchev–Trinajstić information content (AvgIpc) is 3.01. The number of amides is 1. The minimum Gasteiger partial charge on any atom is -0.423 e. The third-order valence-electron chi connectivity index (χ3n) is 3.50. The number of nitrogens with zero attached hydrogens (tertiary/aromatic N) is 1. The SMILES string of the molecule is CCC(=O)Oc1c(Cl)cc(C(=O)N2CSc3ccccc32)cc1Cl.